The third-order valence-electron chi connectivity index (χ3n) is 8.82. The minimum atomic E-state index is -1.46. The molecule has 3 heterocycles. The molecule has 0 amide bonds. The van der Waals surface area contributed by atoms with Gasteiger partial charge in [0.25, 0.3) is 0 Å². The first-order valence-corrected chi connectivity index (χ1v) is 13.7. The maximum atomic E-state index is 15.1. The number of hydrogen-bond donors (Lipinski definition) is 3. The van der Waals surface area contributed by atoms with E-state index in [0.717, 1.165) is 42.4 Å². The molecule has 0 aliphatic carbocycles. The van der Waals surface area contributed by atoms with Gasteiger partial charge in [-0.25, -0.2) is 4.39 Å². The van der Waals surface area contributed by atoms with Gasteiger partial charge in [-0.05, 0) is 74.0 Å². The monoisotopic (exact) mass is 543 g/mol. The van der Waals surface area contributed by atoms with Crippen molar-refractivity contribution in [1.82, 2.24) is 15.2 Å². The molecule has 0 bridgehead atoms. The number of carbonyl (C=O) groups excluding carboxylic acids is 1. The lowest BCUT2D eigenvalue weighted by molar-refractivity contribution is -0.00902. The number of benzene rings is 3. The van der Waals surface area contributed by atoms with Crippen LogP contribution in [0.4, 0.5) is 4.39 Å². The topological polar surface area (TPSA) is 86.8 Å². The van der Waals surface area contributed by atoms with Crippen molar-refractivity contribution < 1.29 is 23.8 Å². The van der Waals surface area contributed by atoms with Crippen molar-refractivity contribution in [2.75, 3.05) is 40.5 Å². The second-order valence-electron chi connectivity index (χ2n) is 10.8. The highest BCUT2D eigenvalue weighted by Crippen LogP contribution is 2.52. The van der Waals surface area contributed by atoms with Crippen molar-refractivity contribution in [2.45, 2.75) is 30.3 Å². The van der Waals surface area contributed by atoms with E-state index in [0.29, 0.717) is 34.9 Å². The molecule has 2 aliphatic rings. The van der Waals surface area contributed by atoms with Crippen LogP contribution in [0.1, 0.15) is 40.0 Å². The number of ether oxygens (including phenoxy) is 2. The van der Waals surface area contributed by atoms with E-state index in [1.165, 1.54) is 6.07 Å². The van der Waals surface area contributed by atoms with E-state index in [1.807, 2.05) is 23.1 Å². The molecule has 3 N–H and O–H groups in total. The van der Waals surface area contributed by atoms with E-state index in [2.05, 4.69) is 10.3 Å². The zero-order valence-corrected chi connectivity index (χ0v) is 22.8. The standard InChI is InChI=1S/C32H34FN3O4/c1-39-23-9-7-21(8-10-23)30(38)32(20-37)29-28(25-12-11-24(40-2)17-27(25)35-29)31(13-15-34-16-14-31)19-36(32)18-22-5-3-4-6-26(22)33/h3-12,17,34-35,37H,13-16,18-20H2,1-2H3. The number of piperidine rings is 1. The molecule has 4 aromatic rings. The average Bonchev–Trinajstić information content (AvgIpc) is 3.39. The summed E-state index contributed by atoms with van der Waals surface area (Å²) in [5.41, 5.74) is 1.74. The number of aromatic nitrogens is 1. The summed E-state index contributed by atoms with van der Waals surface area (Å²) in [5, 5.41) is 15.8. The molecule has 1 atom stereocenters. The Balaban J connectivity index is 1.62. The number of hydrogen-bond acceptors (Lipinski definition) is 6. The average molecular weight is 544 g/mol. The summed E-state index contributed by atoms with van der Waals surface area (Å²) in [4.78, 5) is 20.2. The molecular weight excluding hydrogens is 509 g/mol. The maximum absolute atomic E-state index is 15.1. The van der Waals surface area contributed by atoms with Gasteiger partial charge in [0.2, 0.25) is 0 Å². The Morgan fingerprint density at radius 3 is 2.38 bits per heavy atom. The first-order valence-electron chi connectivity index (χ1n) is 13.7. The Morgan fingerprint density at radius 2 is 1.70 bits per heavy atom. The highest BCUT2D eigenvalue weighted by Gasteiger charge is 2.57. The lowest BCUT2D eigenvalue weighted by Gasteiger charge is -2.53. The lowest BCUT2D eigenvalue weighted by Crippen LogP contribution is -2.63. The van der Waals surface area contributed by atoms with Gasteiger partial charge < -0.3 is 24.9 Å². The molecule has 1 fully saturated rings. The Kier molecular flexibility index (Phi) is 6.86. The number of aliphatic hydroxyl groups is 1. The molecule has 1 spiro atoms. The van der Waals surface area contributed by atoms with E-state index in [1.54, 1.807) is 56.7 Å². The summed E-state index contributed by atoms with van der Waals surface area (Å²) < 4.78 is 25.9. The van der Waals surface area contributed by atoms with E-state index >= 15 is 4.39 Å². The molecular formula is C32H34FN3O4. The molecule has 1 aromatic heterocycles. The van der Waals surface area contributed by atoms with Crippen molar-refractivity contribution in [1.29, 1.82) is 0 Å². The van der Waals surface area contributed by atoms with Gasteiger partial charge in [-0.2, -0.15) is 0 Å². The molecule has 208 valence electrons. The molecule has 6 rings (SSSR count). The fourth-order valence-electron chi connectivity index (χ4n) is 6.73. The number of nitrogens with zero attached hydrogens (tertiary/aromatic N) is 1. The third-order valence-corrected chi connectivity index (χ3v) is 8.82. The predicted octanol–water partition coefficient (Wildman–Crippen LogP) is 4.53. The van der Waals surface area contributed by atoms with Crippen molar-refractivity contribution in [3.63, 3.8) is 0 Å². The van der Waals surface area contributed by atoms with E-state index in [-0.39, 0.29) is 23.6 Å². The summed E-state index contributed by atoms with van der Waals surface area (Å²) in [6, 6.07) is 19.5. The summed E-state index contributed by atoms with van der Waals surface area (Å²) in [5.74, 6) is 0.744. The minimum Gasteiger partial charge on any atom is -0.497 e. The molecule has 8 heteroatoms. The first kappa shape index (κ1) is 26.5. The number of H-pyrrole nitrogens is 1. The Bertz CT molecular complexity index is 1540. The molecule has 7 nitrogen and oxygen atoms in total. The van der Waals surface area contributed by atoms with E-state index < -0.39 is 12.1 Å². The first-order chi connectivity index (χ1) is 19.5. The highest BCUT2D eigenvalue weighted by molar-refractivity contribution is 6.05. The van der Waals surface area contributed by atoms with Gasteiger partial charge in [0.1, 0.15) is 22.9 Å². The Morgan fingerprint density at radius 1 is 1.00 bits per heavy atom. The quantitative estimate of drug-likeness (QED) is 0.297. The summed E-state index contributed by atoms with van der Waals surface area (Å²) in [6.45, 7) is 1.85. The number of ketones is 1. The van der Waals surface area contributed by atoms with Crippen LogP contribution in [-0.4, -0.2) is 61.2 Å². The number of aliphatic hydroxyl groups excluding tert-OH is 1. The number of nitrogens with one attached hydrogen (secondary N) is 2. The fourth-order valence-corrected chi connectivity index (χ4v) is 6.73. The largest absolute Gasteiger partial charge is 0.497 e. The maximum Gasteiger partial charge on any atom is 0.191 e. The van der Waals surface area contributed by atoms with E-state index in [4.69, 9.17) is 9.47 Å². The molecule has 40 heavy (non-hydrogen) atoms. The van der Waals surface area contributed by atoms with Crippen LogP contribution in [0.2, 0.25) is 0 Å². The second kappa shape index (κ2) is 10.4. The molecule has 0 saturated carbocycles. The van der Waals surface area contributed by atoms with Crippen LogP contribution in [0, 0.1) is 5.82 Å². The lowest BCUT2D eigenvalue weighted by atomic mass is 9.64. The van der Waals surface area contributed by atoms with Gasteiger partial charge in [-0.1, -0.05) is 18.2 Å². The predicted molar refractivity (Wildman–Crippen MR) is 152 cm³/mol. The number of rotatable bonds is 7. The molecule has 1 unspecified atom stereocenters. The number of aromatic amines is 1. The van der Waals surface area contributed by atoms with Crippen LogP contribution in [0.3, 0.4) is 0 Å². The number of halogens is 1. The van der Waals surface area contributed by atoms with Crippen LogP contribution >= 0.6 is 0 Å². The van der Waals surface area contributed by atoms with Gasteiger partial charge >= 0.3 is 0 Å². The van der Waals surface area contributed by atoms with Crippen LogP contribution in [0.5, 0.6) is 11.5 Å². The minimum absolute atomic E-state index is 0.169. The second-order valence-corrected chi connectivity index (χ2v) is 10.8. The number of carbonyl (C=O) groups is 1. The Hall–Kier alpha value is -3.72. The van der Waals surface area contributed by atoms with Crippen molar-refractivity contribution in [2.24, 2.45) is 0 Å². The third kappa shape index (κ3) is 4.10. The molecule has 2 aliphatic heterocycles. The normalized spacial score (nSPS) is 20.4. The number of fused-ring (bicyclic) bond motifs is 4. The van der Waals surface area contributed by atoms with Crippen molar-refractivity contribution >= 4 is 16.7 Å². The fraction of sp³-hybridized carbons (Fsp3) is 0.344. The van der Waals surface area contributed by atoms with Crippen LogP contribution in [-0.2, 0) is 17.5 Å². The van der Waals surface area contributed by atoms with Gasteiger partial charge in [-0.3, -0.25) is 9.69 Å². The summed E-state index contributed by atoms with van der Waals surface area (Å²) >= 11 is 0. The summed E-state index contributed by atoms with van der Waals surface area (Å²) in [6.07, 6.45) is 1.70. The summed E-state index contributed by atoms with van der Waals surface area (Å²) in [7, 11) is 3.20. The zero-order chi connectivity index (χ0) is 27.9. The van der Waals surface area contributed by atoms with Gasteiger partial charge in [0.05, 0.1) is 26.5 Å². The molecule has 1 saturated heterocycles. The Labute approximate surface area is 232 Å². The zero-order valence-electron chi connectivity index (χ0n) is 22.8. The molecule has 3 aromatic carbocycles. The molecule has 0 radical (unpaired) electrons. The SMILES string of the molecule is COc1ccc(C(=O)C2(CO)c3[nH]c4cc(OC)ccc4c3C3(CCNCC3)CN2Cc2ccccc2F)cc1. The highest BCUT2D eigenvalue weighted by atomic mass is 19.1. The van der Waals surface area contributed by atoms with Crippen LogP contribution in [0.25, 0.3) is 10.9 Å². The van der Waals surface area contributed by atoms with Gasteiger partial charge in [-0.15, -0.1) is 0 Å². The smallest absolute Gasteiger partial charge is 0.191 e. The van der Waals surface area contributed by atoms with Crippen molar-refractivity contribution in [3.8, 4) is 11.5 Å². The van der Waals surface area contributed by atoms with Crippen LogP contribution < -0.4 is 14.8 Å². The van der Waals surface area contributed by atoms with Gasteiger partial charge in [0, 0.05) is 46.6 Å². The van der Waals surface area contributed by atoms with E-state index in [9.17, 15) is 9.90 Å². The van der Waals surface area contributed by atoms with Crippen LogP contribution in [0.15, 0.2) is 66.7 Å². The van der Waals surface area contributed by atoms with Gasteiger partial charge in [0.15, 0.2) is 5.78 Å². The number of methoxy groups -OCH3 is 2. The number of Topliss-reactive ketones (excluding diaryl/α,β-unsaturated/α-hetero) is 1. The van der Waals surface area contributed by atoms with Crippen molar-refractivity contribution in [3.05, 3.63) is 94.9 Å².